The van der Waals surface area contributed by atoms with E-state index in [4.69, 9.17) is 4.74 Å². The monoisotopic (exact) mass is 318 g/mol. The summed E-state index contributed by atoms with van der Waals surface area (Å²) in [5.74, 6) is -0.0198. The number of nitrogens with zero attached hydrogens (tertiary/aromatic N) is 1. The molecule has 23 heavy (non-hydrogen) atoms. The normalized spacial score (nSPS) is 31.0. The van der Waals surface area contributed by atoms with E-state index >= 15 is 0 Å². The highest BCUT2D eigenvalue weighted by molar-refractivity contribution is 5.94. The first-order chi connectivity index (χ1) is 11.1. The van der Waals surface area contributed by atoms with Gasteiger partial charge in [0.25, 0.3) is 5.91 Å². The second-order valence-electron chi connectivity index (χ2n) is 7.21. The van der Waals surface area contributed by atoms with E-state index < -0.39 is 5.82 Å². The minimum Gasteiger partial charge on any atom is -0.375 e. The zero-order chi connectivity index (χ0) is 16.0. The quantitative estimate of drug-likeness (QED) is 0.928. The lowest BCUT2D eigenvalue weighted by atomic mass is 10.1. The maximum Gasteiger partial charge on any atom is 0.254 e. The molecule has 2 aliphatic heterocycles. The Morgan fingerprint density at radius 1 is 1.35 bits per heavy atom. The van der Waals surface area contributed by atoms with Crippen molar-refractivity contribution in [3.63, 3.8) is 0 Å². The Morgan fingerprint density at radius 3 is 2.91 bits per heavy atom. The van der Waals surface area contributed by atoms with Crippen LogP contribution in [0.1, 0.15) is 35.2 Å². The summed E-state index contributed by atoms with van der Waals surface area (Å²) in [5.41, 5.74) is 0.952. The van der Waals surface area contributed by atoms with Crippen LogP contribution >= 0.6 is 0 Å². The van der Waals surface area contributed by atoms with E-state index in [0.29, 0.717) is 12.1 Å². The highest BCUT2D eigenvalue weighted by atomic mass is 19.1. The highest BCUT2D eigenvalue weighted by Crippen LogP contribution is 2.37. The van der Waals surface area contributed by atoms with Crippen molar-refractivity contribution >= 4 is 5.91 Å². The van der Waals surface area contributed by atoms with Gasteiger partial charge < -0.3 is 10.1 Å². The molecule has 0 aromatic heterocycles. The SMILES string of the molecule is Cc1ccc(C(=O)N[C@@H]2C[C@H]3CO[C@H](C4CC4)CN3C2)c(F)c1. The molecule has 2 saturated heterocycles. The molecule has 1 aromatic carbocycles. The fraction of sp³-hybridized carbons (Fsp3) is 0.611. The molecule has 3 fully saturated rings. The van der Waals surface area contributed by atoms with Crippen molar-refractivity contribution in [1.29, 1.82) is 0 Å². The van der Waals surface area contributed by atoms with Gasteiger partial charge in [-0.3, -0.25) is 9.69 Å². The molecule has 1 aromatic rings. The van der Waals surface area contributed by atoms with Crippen LogP contribution in [0.25, 0.3) is 0 Å². The van der Waals surface area contributed by atoms with Crippen LogP contribution in [-0.2, 0) is 4.74 Å². The maximum atomic E-state index is 13.9. The summed E-state index contributed by atoms with van der Waals surface area (Å²) >= 11 is 0. The van der Waals surface area contributed by atoms with Gasteiger partial charge in [-0.15, -0.1) is 0 Å². The average Bonchev–Trinajstić information content (AvgIpc) is 3.27. The Kier molecular flexibility index (Phi) is 3.85. The highest BCUT2D eigenvalue weighted by Gasteiger charge is 2.42. The Hall–Kier alpha value is -1.46. The molecule has 0 unspecified atom stereocenters. The number of rotatable bonds is 3. The molecule has 5 heteroatoms. The predicted molar refractivity (Wildman–Crippen MR) is 84.8 cm³/mol. The summed E-state index contributed by atoms with van der Waals surface area (Å²) in [6.07, 6.45) is 3.83. The molecule has 1 N–H and O–H groups in total. The Bertz CT molecular complexity index is 617. The molecular weight excluding hydrogens is 295 g/mol. The molecule has 3 atom stereocenters. The number of benzene rings is 1. The second kappa shape index (κ2) is 5.87. The summed E-state index contributed by atoms with van der Waals surface area (Å²) < 4.78 is 19.9. The van der Waals surface area contributed by atoms with Crippen LogP contribution in [0, 0.1) is 18.7 Å². The average molecular weight is 318 g/mol. The van der Waals surface area contributed by atoms with Gasteiger partial charge in [-0.25, -0.2) is 4.39 Å². The lowest BCUT2D eigenvalue weighted by molar-refractivity contribution is -0.0581. The number of carbonyl (C=O) groups is 1. The lowest BCUT2D eigenvalue weighted by Gasteiger charge is -2.35. The molecule has 0 radical (unpaired) electrons. The number of aryl methyl sites for hydroxylation is 1. The molecule has 2 heterocycles. The molecule has 4 rings (SSSR count). The number of ether oxygens (including phenoxy) is 1. The zero-order valence-corrected chi connectivity index (χ0v) is 13.4. The van der Waals surface area contributed by atoms with Gasteiger partial charge in [-0.1, -0.05) is 6.07 Å². The Balaban J connectivity index is 1.37. The van der Waals surface area contributed by atoms with Gasteiger partial charge in [0.15, 0.2) is 0 Å². The maximum absolute atomic E-state index is 13.9. The van der Waals surface area contributed by atoms with Gasteiger partial charge in [0.05, 0.1) is 18.3 Å². The van der Waals surface area contributed by atoms with Gasteiger partial charge in [0.2, 0.25) is 0 Å². The fourth-order valence-electron chi connectivity index (χ4n) is 3.82. The van der Waals surface area contributed by atoms with Crippen LogP contribution < -0.4 is 5.32 Å². The van der Waals surface area contributed by atoms with Crippen LogP contribution in [-0.4, -0.2) is 48.7 Å². The largest absolute Gasteiger partial charge is 0.375 e. The third-order valence-electron chi connectivity index (χ3n) is 5.30. The summed E-state index contributed by atoms with van der Waals surface area (Å²) in [7, 11) is 0. The summed E-state index contributed by atoms with van der Waals surface area (Å²) in [5, 5.41) is 3.00. The summed E-state index contributed by atoms with van der Waals surface area (Å²) in [6.45, 7) is 4.39. The first kappa shape index (κ1) is 15.1. The van der Waals surface area contributed by atoms with E-state index in [9.17, 15) is 9.18 Å². The number of hydrogen-bond donors (Lipinski definition) is 1. The van der Waals surface area contributed by atoms with E-state index in [1.165, 1.54) is 18.9 Å². The van der Waals surface area contributed by atoms with Gasteiger partial charge >= 0.3 is 0 Å². The lowest BCUT2D eigenvalue weighted by Crippen LogP contribution is -2.47. The van der Waals surface area contributed by atoms with Crippen molar-refractivity contribution in [2.24, 2.45) is 5.92 Å². The van der Waals surface area contributed by atoms with Crippen molar-refractivity contribution < 1.29 is 13.9 Å². The molecule has 4 nitrogen and oxygen atoms in total. The topological polar surface area (TPSA) is 41.6 Å². The molecular formula is C18H23FN2O2. The number of morpholine rings is 1. The van der Waals surface area contributed by atoms with Crippen molar-refractivity contribution in [3.8, 4) is 0 Å². The van der Waals surface area contributed by atoms with Crippen LogP contribution in [0.2, 0.25) is 0 Å². The fourth-order valence-corrected chi connectivity index (χ4v) is 3.82. The van der Waals surface area contributed by atoms with Gasteiger partial charge in [-0.05, 0) is 49.8 Å². The number of halogens is 1. The van der Waals surface area contributed by atoms with E-state index in [0.717, 1.165) is 37.6 Å². The zero-order valence-electron chi connectivity index (χ0n) is 13.4. The molecule has 0 spiro atoms. The van der Waals surface area contributed by atoms with Gasteiger partial charge in [0.1, 0.15) is 5.82 Å². The second-order valence-corrected chi connectivity index (χ2v) is 7.21. The van der Waals surface area contributed by atoms with E-state index in [-0.39, 0.29) is 17.5 Å². The first-order valence-electron chi connectivity index (χ1n) is 8.53. The van der Waals surface area contributed by atoms with Crippen molar-refractivity contribution in [2.45, 2.75) is 44.4 Å². The number of fused-ring (bicyclic) bond motifs is 1. The molecule has 124 valence electrons. The van der Waals surface area contributed by atoms with Crippen molar-refractivity contribution in [1.82, 2.24) is 10.2 Å². The molecule has 1 amide bonds. The van der Waals surface area contributed by atoms with Crippen molar-refractivity contribution in [2.75, 3.05) is 19.7 Å². The van der Waals surface area contributed by atoms with Gasteiger partial charge in [0, 0.05) is 25.2 Å². The summed E-state index contributed by atoms with van der Waals surface area (Å²) in [6, 6.07) is 5.20. The van der Waals surface area contributed by atoms with Crippen LogP contribution in [0.3, 0.4) is 0 Å². The molecule has 0 bridgehead atoms. The third kappa shape index (κ3) is 3.12. The predicted octanol–water partition coefficient (Wildman–Crippen LogP) is 2.12. The van der Waals surface area contributed by atoms with Crippen LogP contribution in [0.4, 0.5) is 4.39 Å². The van der Waals surface area contributed by atoms with E-state index in [1.807, 2.05) is 6.92 Å². The van der Waals surface area contributed by atoms with Crippen LogP contribution in [0.15, 0.2) is 18.2 Å². The molecule has 1 aliphatic carbocycles. The Labute approximate surface area is 136 Å². The molecule has 1 saturated carbocycles. The standard InChI is InChI=1S/C18H23FN2O2/c1-11-2-5-15(16(19)6-11)18(22)20-13-7-14-10-23-17(12-3-4-12)9-21(14)8-13/h2,5-6,12-14,17H,3-4,7-10H2,1H3,(H,20,22)/t13-,14+,17+/m1/s1. The summed E-state index contributed by atoms with van der Waals surface area (Å²) in [4.78, 5) is 14.8. The number of carbonyl (C=O) groups excluding carboxylic acids is 1. The minimum atomic E-state index is -0.449. The van der Waals surface area contributed by atoms with E-state index in [2.05, 4.69) is 10.2 Å². The number of hydrogen-bond acceptors (Lipinski definition) is 3. The minimum absolute atomic E-state index is 0.0785. The van der Waals surface area contributed by atoms with Gasteiger partial charge in [-0.2, -0.15) is 0 Å². The van der Waals surface area contributed by atoms with Crippen LogP contribution in [0.5, 0.6) is 0 Å². The number of amides is 1. The number of nitrogens with one attached hydrogen (secondary N) is 1. The Morgan fingerprint density at radius 2 is 2.17 bits per heavy atom. The molecule has 3 aliphatic rings. The smallest absolute Gasteiger partial charge is 0.254 e. The third-order valence-corrected chi connectivity index (χ3v) is 5.30. The first-order valence-corrected chi connectivity index (χ1v) is 8.53. The van der Waals surface area contributed by atoms with Crippen molar-refractivity contribution in [3.05, 3.63) is 35.1 Å². The van der Waals surface area contributed by atoms with E-state index in [1.54, 1.807) is 12.1 Å².